The van der Waals surface area contributed by atoms with Crippen LogP contribution in [0, 0.1) is 0 Å². The number of pyridine rings is 1. The summed E-state index contributed by atoms with van der Waals surface area (Å²) in [6.07, 6.45) is 0. The van der Waals surface area contributed by atoms with Crippen molar-refractivity contribution in [3.63, 3.8) is 0 Å². The van der Waals surface area contributed by atoms with Gasteiger partial charge in [0.25, 0.3) is 0 Å². The number of aryl methyl sites for hydroxylation is 1. The predicted octanol–water partition coefficient (Wildman–Crippen LogP) is 0.653. The maximum Gasteiger partial charge on any atom is 0.222 e. The Kier molecular flexibility index (Phi) is 4.16. The van der Waals surface area contributed by atoms with Gasteiger partial charge in [-0.3, -0.25) is 0 Å². The Labute approximate surface area is 151 Å². The van der Waals surface area contributed by atoms with Gasteiger partial charge in [0, 0.05) is 28.4 Å². The molecule has 24 heavy (non-hydrogen) atoms. The van der Waals surface area contributed by atoms with Crippen molar-refractivity contribution in [3.8, 4) is 11.3 Å². The van der Waals surface area contributed by atoms with Crippen LogP contribution < -0.4 is 33.0 Å². The van der Waals surface area contributed by atoms with Crippen molar-refractivity contribution in [1.82, 2.24) is 0 Å². The highest BCUT2D eigenvalue weighted by molar-refractivity contribution is 6.13. The number of hydrogen-bond donors (Lipinski definition) is 2. The van der Waals surface area contributed by atoms with E-state index in [1.54, 1.807) is 0 Å². The van der Waals surface area contributed by atoms with Crippen molar-refractivity contribution in [2.24, 2.45) is 7.05 Å². The first kappa shape index (κ1) is 16.3. The van der Waals surface area contributed by atoms with Gasteiger partial charge in [0.2, 0.25) is 11.2 Å². The third-order valence-electron chi connectivity index (χ3n) is 4.41. The van der Waals surface area contributed by atoms with E-state index in [1.165, 1.54) is 16.3 Å². The van der Waals surface area contributed by atoms with Crippen molar-refractivity contribution < 1.29 is 21.5 Å². The number of aromatic nitrogens is 1. The van der Waals surface area contributed by atoms with Crippen LogP contribution in [0.2, 0.25) is 0 Å². The second-order valence-corrected chi connectivity index (χ2v) is 5.82. The Hall–Kier alpha value is -2.59. The Morgan fingerprint density at radius 1 is 0.750 bits per heavy atom. The van der Waals surface area contributed by atoms with Gasteiger partial charge in [-0.1, -0.05) is 24.3 Å². The first-order chi connectivity index (χ1) is 11.2. The van der Waals surface area contributed by atoms with E-state index in [2.05, 4.69) is 41.9 Å². The molecule has 0 radical (unpaired) electrons. The average molecular weight is 380 g/mol. The van der Waals surface area contributed by atoms with Gasteiger partial charge in [0.05, 0.1) is 10.8 Å². The van der Waals surface area contributed by atoms with Crippen molar-refractivity contribution in [2.75, 3.05) is 11.5 Å². The number of rotatable bonds is 1. The molecule has 4 rings (SSSR count). The minimum atomic E-state index is 0. The minimum absolute atomic E-state index is 0. The van der Waals surface area contributed by atoms with Crippen molar-refractivity contribution in [2.45, 2.75) is 0 Å². The summed E-state index contributed by atoms with van der Waals surface area (Å²) in [7, 11) is 2.08. The van der Waals surface area contributed by atoms with Gasteiger partial charge >= 0.3 is 0 Å². The maximum absolute atomic E-state index is 6.35. The van der Waals surface area contributed by atoms with Crippen molar-refractivity contribution in [3.05, 3.63) is 66.7 Å². The monoisotopic (exact) mass is 379 g/mol. The molecule has 0 atom stereocenters. The molecule has 1 aromatic heterocycles. The van der Waals surface area contributed by atoms with Crippen LogP contribution in [0.25, 0.3) is 32.9 Å². The molecule has 3 nitrogen and oxygen atoms in total. The molecule has 0 amide bonds. The average Bonchev–Trinajstić information content (AvgIpc) is 2.57. The molecule has 0 fully saturated rings. The Morgan fingerprint density at radius 2 is 1.42 bits per heavy atom. The molecule has 0 unspecified atom stereocenters. The van der Waals surface area contributed by atoms with E-state index < -0.39 is 0 Å². The van der Waals surface area contributed by atoms with E-state index in [0.717, 1.165) is 28.0 Å². The molecule has 1 heterocycles. The summed E-state index contributed by atoms with van der Waals surface area (Å²) in [5, 5.41) is 3.46. The summed E-state index contributed by atoms with van der Waals surface area (Å²) in [6, 6.07) is 22.5. The lowest BCUT2D eigenvalue weighted by Crippen LogP contribution is -3.00. The normalized spacial score (nSPS) is 10.7. The number of benzene rings is 3. The molecular formula is C20H18BrN3. The molecule has 0 saturated carbocycles. The van der Waals surface area contributed by atoms with Crippen LogP contribution >= 0.6 is 0 Å². The first-order valence-electron chi connectivity index (χ1n) is 7.61. The molecule has 120 valence electrons. The number of nitrogen functional groups attached to an aromatic ring is 2. The summed E-state index contributed by atoms with van der Waals surface area (Å²) < 4.78 is 2.21. The fourth-order valence-corrected chi connectivity index (χ4v) is 3.32. The van der Waals surface area contributed by atoms with Gasteiger partial charge in [-0.25, -0.2) is 0 Å². The van der Waals surface area contributed by atoms with Gasteiger partial charge in [0.1, 0.15) is 7.05 Å². The zero-order valence-electron chi connectivity index (χ0n) is 13.3. The van der Waals surface area contributed by atoms with Gasteiger partial charge in [-0.15, -0.1) is 0 Å². The molecule has 0 saturated heterocycles. The van der Waals surface area contributed by atoms with Gasteiger partial charge < -0.3 is 28.4 Å². The number of fused-ring (bicyclic) bond motifs is 3. The summed E-state index contributed by atoms with van der Waals surface area (Å²) >= 11 is 0. The Balaban J connectivity index is 0.00000169. The van der Waals surface area contributed by atoms with Crippen LogP contribution in [0.15, 0.2) is 66.7 Å². The van der Waals surface area contributed by atoms with Crippen LogP contribution in [-0.2, 0) is 7.05 Å². The molecule has 3 aromatic carbocycles. The summed E-state index contributed by atoms with van der Waals surface area (Å²) in [6.45, 7) is 0. The fourth-order valence-electron chi connectivity index (χ4n) is 3.32. The number of anilines is 2. The van der Waals surface area contributed by atoms with Crippen molar-refractivity contribution >= 4 is 33.1 Å². The van der Waals surface area contributed by atoms with Crippen LogP contribution in [0.3, 0.4) is 0 Å². The summed E-state index contributed by atoms with van der Waals surface area (Å²) in [4.78, 5) is 0. The van der Waals surface area contributed by atoms with Crippen molar-refractivity contribution in [1.29, 1.82) is 0 Å². The molecule has 0 spiro atoms. The van der Waals surface area contributed by atoms with Gasteiger partial charge in [0.15, 0.2) is 0 Å². The largest absolute Gasteiger partial charge is 1.00 e. The second-order valence-electron chi connectivity index (χ2n) is 5.82. The van der Waals surface area contributed by atoms with E-state index in [-0.39, 0.29) is 17.0 Å². The molecule has 0 aliphatic heterocycles. The lowest BCUT2D eigenvalue weighted by molar-refractivity contribution is -0.632. The van der Waals surface area contributed by atoms with E-state index >= 15 is 0 Å². The minimum Gasteiger partial charge on any atom is -1.00 e. The maximum atomic E-state index is 6.35. The van der Waals surface area contributed by atoms with E-state index in [4.69, 9.17) is 11.5 Å². The number of nitrogens with zero attached hydrogens (tertiary/aromatic N) is 1. The lowest BCUT2D eigenvalue weighted by Gasteiger charge is -2.11. The van der Waals surface area contributed by atoms with E-state index in [9.17, 15) is 0 Å². The Morgan fingerprint density at radius 3 is 2.17 bits per heavy atom. The highest BCUT2D eigenvalue weighted by Crippen LogP contribution is 2.34. The van der Waals surface area contributed by atoms with E-state index in [1.807, 2.05) is 36.4 Å². The third kappa shape index (κ3) is 2.39. The molecule has 4 N–H and O–H groups in total. The summed E-state index contributed by atoms with van der Waals surface area (Å²) in [5.74, 6) is 0. The molecule has 4 heteroatoms. The highest BCUT2D eigenvalue weighted by atomic mass is 79.9. The summed E-state index contributed by atoms with van der Waals surface area (Å²) in [5.41, 5.74) is 17.1. The third-order valence-corrected chi connectivity index (χ3v) is 4.41. The first-order valence-corrected chi connectivity index (χ1v) is 7.61. The van der Waals surface area contributed by atoms with Gasteiger partial charge in [-0.05, 0) is 36.4 Å². The Bertz CT molecular complexity index is 1040. The molecular weight excluding hydrogens is 362 g/mol. The molecule has 0 bridgehead atoms. The quantitative estimate of drug-likeness (QED) is 0.290. The molecule has 0 aliphatic rings. The zero-order chi connectivity index (χ0) is 16.0. The lowest BCUT2D eigenvalue weighted by atomic mass is 9.98. The number of halogens is 1. The smallest absolute Gasteiger partial charge is 0.222 e. The number of para-hydroxylation sites is 1. The predicted molar refractivity (Wildman–Crippen MR) is 96.9 cm³/mol. The van der Waals surface area contributed by atoms with E-state index in [0.29, 0.717) is 0 Å². The van der Waals surface area contributed by atoms with Crippen LogP contribution in [-0.4, -0.2) is 0 Å². The zero-order valence-corrected chi connectivity index (χ0v) is 14.9. The number of nitrogens with two attached hydrogens (primary N) is 2. The second kappa shape index (κ2) is 6.13. The molecule has 4 aromatic rings. The van der Waals surface area contributed by atoms with Gasteiger partial charge in [-0.2, -0.15) is 4.57 Å². The highest BCUT2D eigenvalue weighted by Gasteiger charge is 2.21. The number of hydrogen-bond acceptors (Lipinski definition) is 2. The van der Waals surface area contributed by atoms with Crippen LogP contribution in [0.1, 0.15) is 0 Å². The molecule has 0 aliphatic carbocycles. The van der Waals surface area contributed by atoms with Crippen LogP contribution in [0.5, 0.6) is 0 Å². The van der Waals surface area contributed by atoms with Crippen LogP contribution in [0.4, 0.5) is 11.4 Å². The standard InChI is InChI=1S/C20H17N3.BrH/c1-23-18-8-3-2-5-15(18)16-6-4-7-17(22)19(16)20(23)13-9-11-14(21)12-10-13;/h2-12H,1H3,(H3,21,22);1H. The topological polar surface area (TPSA) is 55.9 Å². The SMILES string of the molecule is C[n+]1c(-c2ccc(N)cc2)c2c(N)cccc2c2ccccc21.[Br-]. The fraction of sp³-hybridized carbons (Fsp3) is 0.0500.